The molecule has 0 radical (unpaired) electrons. The monoisotopic (exact) mass is 230 g/mol. The van der Waals surface area contributed by atoms with Crippen LogP contribution in [-0.4, -0.2) is 42.6 Å². The summed E-state index contributed by atoms with van der Waals surface area (Å²) in [7, 11) is 0. The lowest BCUT2D eigenvalue weighted by atomic mass is 10.1. The maximum atomic E-state index is 5.47. The summed E-state index contributed by atoms with van der Waals surface area (Å²) < 4.78 is 0. The van der Waals surface area contributed by atoms with Crippen molar-refractivity contribution in [1.29, 1.82) is 0 Å². The molecule has 90 valence electrons. The molecule has 1 aliphatic heterocycles. The Hall–Kier alpha value is 0.270. The Bertz CT molecular complexity index is 134. The van der Waals surface area contributed by atoms with Gasteiger partial charge in [-0.15, -0.1) is 0 Å². The van der Waals surface area contributed by atoms with Crippen LogP contribution in [0.2, 0.25) is 0 Å². The molecule has 0 aromatic heterocycles. The molecule has 1 saturated heterocycles. The van der Waals surface area contributed by atoms with Crippen LogP contribution in [0.15, 0.2) is 0 Å². The number of hydrogen-bond donors (Lipinski definition) is 1. The topological polar surface area (TPSA) is 29.3 Å². The molecule has 2 nitrogen and oxygen atoms in total. The second-order valence-electron chi connectivity index (χ2n) is 4.36. The number of nitrogens with zero attached hydrogens (tertiary/aromatic N) is 1. The van der Waals surface area contributed by atoms with Gasteiger partial charge in [0.1, 0.15) is 0 Å². The van der Waals surface area contributed by atoms with E-state index in [1.165, 1.54) is 69.7 Å². The van der Waals surface area contributed by atoms with Crippen LogP contribution >= 0.6 is 11.8 Å². The van der Waals surface area contributed by atoms with Crippen molar-refractivity contribution in [3.63, 3.8) is 0 Å². The number of unbranched alkanes of at least 4 members (excludes halogenated alkanes) is 4. The summed E-state index contributed by atoms with van der Waals surface area (Å²) in [6.45, 7) is 4.83. The molecule has 2 N–H and O–H groups in total. The molecule has 0 spiro atoms. The molecule has 3 heteroatoms. The summed E-state index contributed by atoms with van der Waals surface area (Å²) in [5, 5.41) is 0. The fourth-order valence-corrected chi connectivity index (χ4v) is 2.96. The van der Waals surface area contributed by atoms with Crippen LogP contribution in [0.3, 0.4) is 0 Å². The highest BCUT2D eigenvalue weighted by molar-refractivity contribution is 7.99. The Morgan fingerprint density at radius 1 is 0.933 bits per heavy atom. The van der Waals surface area contributed by atoms with Crippen molar-refractivity contribution in [1.82, 2.24) is 4.90 Å². The lowest BCUT2D eigenvalue weighted by molar-refractivity contribution is 0.287. The molecular formula is C12H26N2S. The molecule has 0 amide bonds. The Morgan fingerprint density at radius 2 is 1.73 bits per heavy atom. The van der Waals surface area contributed by atoms with Crippen molar-refractivity contribution in [2.24, 2.45) is 5.73 Å². The second kappa shape index (κ2) is 9.49. The van der Waals surface area contributed by atoms with Gasteiger partial charge in [-0.05, 0) is 44.6 Å². The normalized spacial score (nSPS) is 19.0. The Balaban J connectivity index is 1.89. The SMILES string of the molecule is NCCCCCCCN1CCCSCC1. The van der Waals surface area contributed by atoms with E-state index in [4.69, 9.17) is 5.73 Å². The van der Waals surface area contributed by atoms with Crippen molar-refractivity contribution in [2.45, 2.75) is 38.5 Å². The maximum absolute atomic E-state index is 5.47. The minimum atomic E-state index is 0.864. The first-order valence-corrected chi connectivity index (χ1v) is 7.59. The van der Waals surface area contributed by atoms with Gasteiger partial charge in [-0.25, -0.2) is 0 Å². The van der Waals surface area contributed by atoms with Crippen LogP contribution in [0.4, 0.5) is 0 Å². The zero-order chi connectivity index (χ0) is 10.8. The van der Waals surface area contributed by atoms with Crippen molar-refractivity contribution in [3.8, 4) is 0 Å². The van der Waals surface area contributed by atoms with E-state index < -0.39 is 0 Å². The highest BCUT2D eigenvalue weighted by Crippen LogP contribution is 2.11. The third kappa shape index (κ3) is 7.20. The van der Waals surface area contributed by atoms with Gasteiger partial charge in [0.15, 0.2) is 0 Å². The van der Waals surface area contributed by atoms with Crippen LogP contribution in [-0.2, 0) is 0 Å². The largest absolute Gasteiger partial charge is 0.330 e. The van der Waals surface area contributed by atoms with Crippen molar-refractivity contribution >= 4 is 11.8 Å². The van der Waals surface area contributed by atoms with Crippen LogP contribution in [0.25, 0.3) is 0 Å². The lowest BCUT2D eigenvalue weighted by Crippen LogP contribution is -2.27. The molecule has 1 rings (SSSR count). The lowest BCUT2D eigenvalue weighted by Gasteiger charge is -2.18. The molecule has 1 aliphatic rings. The standard InChI is InChI=1S/C12H26N2S/c13-7-4-2-1-3-5-8-14-9-6-11-15-12-10-14/h1-13H2. The number of nitrogens with two attached hydrogens (primary N) is 1. The molecule has 1 fully saturated rings. The van der Waals surface area contributed by atoms with Crippen molar-refractivity contribution in [3.05, 3.63) is 0 Å². The van der Waals surface area contributed by atoms with E-state index in [1.807, 2.05) is 0 Å². The summed E-state index contributed by atoms with van der Waals surface area (Å²) in [5.74, 6) is 2.71. The zero-order valence-electron chi connectivity index (χ0n) is 9.92. The number of thioether (sulfide) groups is 1. The summed E-state index contributed by atoms with van der Waals surface area (Å²) in [4.78, 5) is 2.64. The van der Waals surface area contributed by atoms with E-state index in [-0.39, 0.29) is 0 Å². The number of rotatable bonds is 7. The molecule has 0 aromatic carbocycles. The molecule has 0 atom stereocenters. The smallest absolute Gasteiger partial charge is 0.00723 e. The fraction of sp³-hybridized carbons (Fsp3) is 1.00. The summed E-state index contributed by atoms with van der Waals surface area (Å²) in [5.41, 5.74) is 5.47. The van der Waals surface area contributed by atoms with E-state index in [2.05, 4.69) is 16.7 Å². The van der Waals surface area contributed by atoms with Crippen LogP contribution < -0.4 is 5.73 Å². The third-order valence-corrected chi connectivity index (χ3v) is 4.04. The van der Waals surface area contributed by atoms with Gasteiger partial charge >= 0.3 is 0 Å². The van der Waals surface area contributed by atoms with E-state index in [9.17, 15) is 0 Å². The molecule has 0 aliphatic carbocycles. The predicted octanol–water partition coefficient (Wildman–Crippen LogP) is 2.33. The Labute approximate surface area is 99.0 Å². The van der Waals surface area contributed by atoms with Crippen molar-refractivity contribution < 1.29 is 0 Å². The molecule has 15 heavy (non-hydrogen) atoms. The zero-order valence-corrected chi connectivity index (χ0v) is 10.7. The Kier molecular flexibility index (Phi) is 8.44. The van der Waals surface area contributed by atoms with E-state index in [1.54, 1.807) is 0 Å². The Morgan fingerprint density at radius 3 is 2.60 bits per heavy atom. The highest BCUT2D eigenvalue weighted by atomic mass is 32.2. The van der Waals surface area contributed by atoms with Gasteiger partial charge in [0.25, 0.3) is 0 Å². The summed E-state index contributed by atoms with van der Waals surface area (Å²) in [6, 6.07) is 0. The van der Waals surface area contributed by atoms with Gasteiger partial charge in [0.05, 0.1) is 0 Å². The predicted molar refractivity (Wildman–Crippen MR) is 70.5 cm³/mol. The molecule has 0 aromatic rings. The first-order chi connectivity index (χ1) is 7.43. The van der Waals surface area contributed by atoms with Gasteiger partial charge in [0, 0.05) is 12.3 Å². The molecule has 0 bridgehead atoms. The van der Waals surface area contributed by atoms with Gasteiger partial charge in [0.2, 0.25) is 0 Å². The van der Waals surface area contributed by atoms with Gasteiger partial charge < -0.3 is 10.6 Å². The van der Waals surface area contributed by atoms with Crippen LogP contribution in [0, 0.1) is 0 Å². The average molecular weight is 230 g/mol. The quantitative estimate of drug-likeness (QED) is 0.681. The molecule has 0 unspecified atom stereocenters. The molecular weight excluding hydrogens is 204 g/mol. The fourth-order valence-electron chi connectivity index (χ4n) is 2.03. The number of hydrogen-bond acceptors (Lipinski definition) is 3. The van der Waals surface area contributed by atoms with Crippen LogP contribution in [0.5, 0.6) is 0 Å². The molecule has 0 saturated carbocycles. The highest BCUT2D eigenvalue weighted by Gasteiger charge is 2.07. The summed E-state index contributed by atoms with van der Waals surface area (Å²) >= 11 is 2.11. The third-order valence-electron chi connectivity index (χ3n) is 2.99. The van der Waals surface area contributed by atoms with E-state index >= 15 is 0 Å². The average Bonchev–Trinajstić information content (AvgIpc) is 2.52. The van der Waals surface area contributed by atoms with Gasteiger partial charge in [-0.1, -0.05) is 19.3 Å². The van der Waals surface area contributed by atoms with Crippen LogP contribution in [0.1, 0.15) is 38.5 Å². The second-order valence-corrected chi connectivity index (χ2v) is 5.59. The van der Waals surface area contributed by atoms with E-state index in [0.717, 1.165) is 6.54 Å². The summed E-state index contributed by atoms with van der Waals surface area (Å²) in [6.07, 6.45) is 8.07. The first-order valence-electron chi connectivity index (χ1n) is 6.43. The minimum absolute atomic E-state index is 0.864. The van der Waals surface area contributed by atoms with Gasteiger partial charge in [-0.2, -0.15) is 11.8 Å². The minimum Gasteiger partial charge on any atom is -0.330 e. The maximum Gasteiger partial charge on any atom is 0.00723 e. The molecule has 1 heterocycles. The van der Waals surface area contributed by atoms with Crippen molar-refractivity contribution in [2.75, 3.05) is 37.7 Å². The van der Waals surface area contributed by atoms with E-state index in [0.29, 0.717) is 0 Å². The first kappa shape index (κ1) is 13.3. The van der Waals surface area contributed by atoms with Gasteiger partial charge in [-0.3, -0.25) is 0 Å².